The van der Waals surface area contributed by atoms with Gasteiger partial charge < -0.3 is 19.9 Å². The van der Waals surface area contributed by atoms with E-state index >= 15 is 0 Å². The number of nitrogens with one attached hydrogen (secondary N) is 2. The van der Waals surface area contributed by atoms with Crippen molar-refractivity contribution < 1.29 is 19.1 Å². The van der Waals surface area contributed by atoms with Crippen molar-refractivity contribution in [2.24, 2.45) is 13.0 Å². The Morgan fingerprint density at radius 2 is 1.70 bits per heavy atom. The van der Waals surface area contributed by atoms with E-state index in [1.807, 2.05) is 33.8 Å². The summed E-state index contributed by atoms with van der Waals surface area (Å²) in [6.07, 6.45) is 8.62. The highest BCUT2D eigenvalue weighted by molar-refractivity contribution is 5.97. The fourth-order valence-corrected chi connectivity index (χ4v) is 4.56. The Bertz CT molecular complexity index is 1410. The molecule has 2 amide bonds. The summed E-state index contributed by atoms with van der Waals surface area (Å²) in [6.45, 7) is 9.68. The van der Waals surface area contributed by atoms with Gasteiger partial charge in [0.05, 0.1) is 19.1 Å². The molecule has 0 aromatic carbocycles. The lowest BCUT2D eigenvalue weighted by Crippen LogP contribution is -2.49. The summed E-state index contributed by atoms with van der Waals surface area (Å²) in [5.74, 6) is -1.55. The molecular formula is C30H37N5O5. The molecule has 3 aromatic heterocycles. The highest BCUT2D eigenvalue weighted by Crippen LogP contribution is 2.29. The standard InChI is InChI=1S/C30H37N5O5/c1-7-40-26(36)13-24(21-12-22(17-32-16-21)27-19(4)14-31-15-20(27)5)33-29(38)25(11-18(2)3)34-28(37)23-9-8-10-35(6)30(23)39/h8-10,12,14-18,24-25H,7,11,13H2,1-6H3,(H,33,38)(H,34,37)/t24-,25-/m0/s1. The van der Waals surface area contributed by atoms with E-state index in [-0.39, 0.29) is 24.5 Å². The van der Waals surface area contributed by atoms with Crippen molar-refractivity contribution in [1.29, 1.82) is 0 Å². The van der Waals surface area contributed by atoms with Gasteiger partial charge in [-0.3, -0.25) is 29.1 Å². The van der Waals surface area contributed by atoms with Gasteiger partial charge in [0, 0.05) is 43.6 Å². The number of hydrogen-bond donors (Lipinski definition) is 2. The highest BCUT2D eigenvalue weighted by Gasteiger charge is 2.28. The molecule has 10 nitrogen and oxygen atoms in total. The van der Waals surface area contributed by atoms with Crippen LogP contribution in [0.5, 0.6) is 0 Å². The Balaban J connectivity index is 1.93. The summed E-state index contributed by atoms with van der Waals surface area (Å²) in [4.78, 5) is 60.2. The van der Waals surface area contributed by atoms with E-state index in [9.17, 15) is 19.2 Å². The lowest BCUT2D eigenvalue weighted by Gasteiger charge is -2.25. The molecule has 0 fully saturated rings. The lowest BCUT2D eigenvalue weighted by molar-refractivity contribution is -0.143. The van der Waals surface area contributed by atoms with Gasteiger partial charge in [-0.15, -0.1) is 0 Å². The summed E-state index contributed by atoms with van der Waals surface area (Å²) in [5, 5.41) is 5.65. The van der Waals surface area contributed by atoms with Gasteiger partial charge in [0.1, 0.15) is 11.6 Å². The smallest absolute Gasteiger partial charge is 0.308 e. The summed E-state index contributed by atoms with van der Waals surface area (Å²) >= 11 is 0. The zero-order chi connectivity index (χ0) is 29.4. The van der Waals surface area contributed by atoms with E-state index in [1.165, 1.54) is 10.6 Å². The first kappa shape index (κ1) is 30.2. The second kappa shape index (κ2) is 13.6. The third kappa shape index (κ3) is 7.62. The minimum Gasteiger partial charge on any atom is -0.466 e. The van der Waals surface area contributed by atoms with Crippen LogP contribution in [0.2, 0.25) is 0 Å². The summed E-state index contributed by atoms with van der Waals surface area (Å²) < 4.78 is 6.47. The van der Waals surface area contributed by atoms with Crippen molar-refractivity contribution in [2.75, 3.05) is 6.61 Å². The Hall–Kier alpha value is -4.34. The Morgan fingerprint density at radius 1 is 1.02 bits per heavy atom. The van der Waals surface area contributed by atoms with Crippen LogP contribution in [0.3, 0.4) is 0 Å². The van der Waals surface area contributed by atoms with Crippen LogP contribution in [0.1, 0.15) is 66.7 Å². The monoisotopic (exact) mass is 547 g/mol. The Morgan fingerprint density at radius 3 is 2.35 bits per heavy atom. The largest absolute Gasteiger partial charge is 0.466 e. The van der Waals surface area contributed by atoms with Crippen LogP contribution in [0.15, 0.2) is 54.0 Å². The number of aryl methyl sites for hydroxylation is 3. The number of nitrogens with zero attached hydrogens (tertiary/aromatic N) is 3. The molecule has 2 N–H and O–H groups in total. The second-order valence-corrected chi connectivity index (χ2v) is 10.2. The Kier molecular flexibility index (Phi) is 10.3. The maximum absolute atomic E-state index is 13.6. The number of hydrogen-bond acceptors (Lipinski definition) is 7. The van der Waals surface area contributed by atoms with E-state index in [0.717, 1.165) is 22.3 Å². The number of esters is 1. The van der Waals surface area contributed by atoms with E-state index in [0.29, 0.717) is 12.0 Å². The van der Waals surface area contributed by atoms with Crippen LogP contribution in [0, 0.1) is 19.8 Å². The van der Waals surface area contributed by atoms with Gasteiger partial charge in [-0.2, -0.15) is 0 Å². The van der Waals surface area contributed by atoms with Crippen LogP contribution in [0.4, 0.5) is 0 Å². The molecule has 0 saturated heterocycles. The predicted octanol–water partition coefficient (Wildman–Crippen LogP) is 3.41. The lowest BCUT2D eigenvalue weighted by atomic mass is 9.96. The van der Waals surface area contributed by atoms with Crippen molar-refractivity contribution in [3.63, 3.8) is 0 Å². The maximum Gasteiger partial charge on any atom is 0.308 e. The first-order valence-electron chi connectivity index (χ1n) is 13.3. The van der Waals surface area contributed by atoms with Gasteiger partial charge in [0.15, 0.2) is 0 Å². The van der Waals surface area contributed by atoms with Crippen molar-refractivity contribution in [3.05, 3.63) is 81.8 Å². The van der Waals surface area contributed by atoms with E-state index in [2.05, 4.69) is 20.6 Å². The molecule has 0 unspecified atom stereocenters. The number of ether oxygens (including phenoxy) is 1. The molecule has 3 heterocycles. The van der Waals surface area contributed by atoms with E-state index in [4.69, 9.17) is 4.74 Å². The number of aromatic nitrogens is 3. The molecule has 0 aliphatic carbocycles. The van der Waals surface area contributed by atoms with Crippen LogP contribution in [0.25, 0.3) is 11.1 Å². The zero-order valence-electron chi connectivity index (χ0n) is 23.9. The summed E-state index contributed by atoms with van der Waals surface area (Å²) in [6, 6.07) is 3.19. The van der Waals surface area contributed by atoms with Gasteiger partial charge >= 0.3 is 5.97 Å². The van der Waals surface area contributed by atoms with Crippen LogP contribution in [-0.2, 0) is 21.4 Å². The number of rotatable bonds is 11. The molecule has 3 rings (SSSR count). The summed E-state index contributed by atoms with van der Waals surface area (Å²) in [5.41, 5.74) is 3.82. The van der Waals surface area contributed by atoms with Crippen LogP contribution < -0.4 is 16.2 Å². The topological polar surface area (TPSA) is 132 Å². The van der Waals surface area contributed by atoms with E-state index < -0.39 is 35.4 Å². The van der Waals surface area contributed by atoms with Gasteiger partial charge in [-0.05, 0) is 73.6 Å². The average molecular weight is 548 g/mol. The van der Waals surface area contributed by atoms with Crippen molar-refractivity contribution >= 4 is 17.8 Å². The molecule has 0 radical (unpaired) electrons. The zero-order valence-corrected chi connectivity index (χ0v) is 23.9. The van der Waals surface area contributed by atoms with Gasteiger partial charge in [-0.1, -0.05) is 13.8 Å². The van der Waals surface area contributed by atoms with Gasteiger partial charge in [0.2, 0.25) is 5.91 Å². The molecule has 0 bridgehead atoms. The van der Waals surface area contributed by atoms with Gasteiger partial charge in [0.25, 0.3) is 11.5 Å². The minimum atomic E-state index is -0.942. The van der Waals surface area contributed by atoms with Crippen LogP contribution >= 0.6 is 0 Å². The molecule has 0 saturated carbocycles. The van der Waals surface area contributed by atoms with Crippen molar-refractivity contribution in [2.45, 2.75) is 59.5 Å². The molecular weight excluding hydrogens is 510 g/mol. The quantitative estimate of drug-likeness (QED) is 0.352. The fraction of sp³-hybridized carbons (Fsp3) is 0.400. The number of amides is 2. The molecule has 212 valence electrons. The van der Waals surface area contributed by atoms with Crippen molar-refractivity contribution in [1.82, 2.24) is 25.2 Å². The highest BCUT2D eigenvalue weighted by atomic mass is 16.5. The molecule has 0 spiro atoms. The van der Waals surface area contributed by atoms with Crippen LogP contribution in [-0.4, -0.2) is 45.0 Å². The molecule has 0 aliphatic rings. The Labute approximate surface area is 234 Å². The predicted molar refractivity (Wildman–Crippen MR) is 151 cm³/mol. The molecule has 10 heteroatoms. The maximum atomic E-state index is 13.6. The second-order valence-electron chi connectivity index (χ2n) is 10.2. The minimum absolute atomic E-state index is 0.0563. The molecule has 3 aromatic rings. The third-order valence-electron chi connectivity index (χ3n) is 6.46. The molecule has 2 atom stereocenters. The average Bonchev–Trinajstić information content (AvgIpc) is 2.89. The number of carbonyl (C=O) groups is 3. The number of pyridine rings is 3. The van der Waals surface area contributed by atoms with Crippen molar-refractivity contribution in [3.8, 4) is 11.1 Å². The fourth-order valence-electron chi connectivity index (χ4n) is 4.56. The van der Waals surface area contributed by atoms with Gasteiger partial charge in [-0.25, -0.2) is 0 Å². The normalized spacial score (nSPS) is 12.5. The number of carbonyl (C=O) groups excluding carboxylic acids is 3. The molecule has 40 heavy (non-hydrogen) atoms. The first-order chi connectivity index (χ1) is 19.0. The third-order valence-corrected chi connectivity index (χ3v) is 6.46. The first-order valence-corrected chi connectivity index (χ1v) is 13.3. The summed E-state index contributed by atoms with van der Waals surface area (Å²) in [7, 11) is 1.55. The SMILES string of the molecule is CCOC(=O)C[C@H](NC(=O)[C@H](CC(C)C)NC(=O)c1cccn(C)c1=O)c1cncc(-c2c(C)cncc2C)c1. The molecule has 0 aliphatic heterocycles. The van der Waals surface area contributed by atoms with E-state index in [1.54, 1.807) is 51.0 Å².